The highest BCUT2D eigenvalue weighted by atomic mass is 16.5. The van der Waals surface area contributed by atoms with E-state index in [1.54, 1.807) is 12.0 Å². The summed E-state index contributed by atoms with van der Waals surface area (Å²) in [6.45, 7) is 2.77. The predicted octanol–water partition coefficient (Wildman–Crippen LogP) is 1.67. The van der Waals surface area contributed by atoms with Crippen molar-refractivity contribution in [2.24, 2.45) is 5.92 Å². The molecule has 0 N–H and O–H groups in total. The van der Waals surface area contributed by atoms with Crippen LogP contribution in [0.15, 0.2) is 24.3 Å². The molecule has 0 saturated carbocycles. The molecule has 1 aromatic carbocycles. The molecule has 2 amide bonds. The van der Waals surface area contributed by atoms with Crippen molar-refractivity contribution < 1.29 is 14.3 Å². The zero-order valence-corrected chi connectivity index (χ0v) is 13.0. The minimum atomic E-state index is -0.170. The monoisotopic (exact) mass is 302 g/mol. The molecule has 2 fully saturated rings. The van der Waals surface area contributed by atoms with Gasteiger partial charge in [-0.3, -0.25) is 9.59 Å². The molecule has 22 heavy (non-hydrogen) atoms. The van der Waals surface area contributed by atoms with Crippen LogP contribution in [0.3, 0.4) is 0 Å². The Balaban J connectivity index is 1.63. The molecule has 0 unspecified atom stereocenters. The van der Waals surface area contributed by atoms with E-state index >= 15 is 0 Å². The van der Waals surface area contributed by atoms with Gasteiger partial charge in [-0.2, -0.15) is 0 Å². The number of rotatable bonds is 4. The van der Waals surface area contributed by atoms with Crippen LogP contribution in [0.2, 0.25) is 0 Å². The summed E-state index contributed by atoms with van der Waals surface area (Å²) in [7, 11) is 1.63. The Morgan fingerprint density at radius 1 is 1.32 bits per heavy atom. The summed E-state index contributed by atoms with van der Waals surface area (Å²) >= 11 is 0. The fourth-order valence-electron chi connectivity index (χ4n) is 3.28. The fourth-order valence-corrected chi connectivity index (χ4v) is 3.28. The van der Waals surface area contributed by atoms with E-state index in [9.17, 15) is 9.59 Å². The maximum Gasteiger partial charge on any atom is 0.227 e. The number of methoxy groups -OCH3 is 1. The van der Waals surface area contributed by atoms with Crippen LogP contribution in [0.25, 0.3) is 0 Å². The SMILES string of the molecule is COc1cccc(CN2C[C@H](C(=O)N3CCCC3)CC2=O)c1. The van der Waals surface area contributed by atoms with E-state index in [4.69, 9.17) is 4.74 Å². The molecule has 0 aromatic heterocycles. The maximum absolute atomic E-state index is 12.4. The Labute approximate surface area is 130 Å². The summed E-state index contributed by atoms with van der Waals surface area (Å²) < 4.78 is 5.21. The van der Waals surface area contributed by atoms with E-state index in [0.717, 1.165) is 37.2 Å². The molecule has 2 heterocycles. The highest BCUT2D eigenvalue weighted by Crippen LogP contribution is 2.24. The standard InChI is InChI=1S/C17H22N2O3/c1-22-15-6-4-5-13(9-15)11-19-12-14(10-16(19)20)17(21)18-7-2-3-8-18/h4-6,9,14H,2-3,7-8,10-12H2,1H3/t14-/m1/s1. The number of ether oxygens (including phenoxy) is 1. The van der Waals surface area contributed by atoms with E-state index in [-0.39, 0.29) is 17.7 Å². The van der Waals surface area contributed by atoms with E-state index < -0.39 is 0 Å². The average Bonchev–Trinajstić information content (AvgIpc) is 3.18. The molecule has 0 aliphatic carbocycles. The predicted molar refractivity (Wildman–Crippen MR) is 82.3 cm³/mol. The Morgan fingerprint density at radius 2 is 2.09 bits per heavy atom. The second kappa shape index (κ2) is 6.38. The van der Waals surface area contributed by atoms with Gasteiger partial charge in [0, 0.05) is 32.6 Å². The lowest BCUT2D eigenvalue weighted by molar-refractivity contribution is -0.134. The van der Waals surface area contributed by atoms with E-state index in [0.29, 0.717) is 19.5 Å². The van der Waals surface area contributed by atoms with Gasteiger partial charge in [-0.05, 0) is 30.5 Å². The highest BCUT2D eigenvalue weighted by Gasteiger charge is 2.36. The molecule has 5 heteroatoms. The topological polar surface area (TPSA) is 49.9 Å². The van der Waals surface area contributed by atoms with Gasteiger partial charge in [0.25, 0.3) is 0 Å². The van der Waals surface area contributed by atoms with Crippen LogP contribution in [-0.4, -0.2) is 48.4 Å². The molecule has 0 radical (unpaired) electrons. The van der Waals surface area contributed by atoms with E-state index in [2.05, 4.69) is 0 Å². The Hall–Kier alpha value is -2.04. The second-order valence-corrected chi connectivity index (χ2v) is 6.06. The van der Waals surface area contributed by atoms with Crippen LogP contribution in [-0.2, 0) is 16.1 Å². The van der Waals surface area contributed by atoms with Crippen molar-refractivity contribution in [3.63, 3.8) is 0 Å². The van der Waals surface area contributed by atoms with E-state index in [1.165, 1.54) is 0 Å². The third-order valence-corrected chi connectivity index (χ3v) is 4.49. The quantitative estimate of drug-likeness (QED) is 0.850. The Kier molecular flexibility index (Phi) is 4.32. The van der Waals surface area contributed by atoms with Crippen molar-refractivity contribution in [3.8, 4) is 5.75 Å². The second-order valence-electron chi connectivity index (χ2n) is 6.06. The van der Waals surface area contributed by atoms with Crippen molar-refractivity contribution in [2.75, 3.05) is 26.7 Å². The van der Waals surface area contributed by atoms with Gasteiger partial charge in [0.05, 0.1) is 13.0 Å². The largest absolute Gasteiger partial charge is 0.497 e. The zero-order valence-electron chi connectivity index (χ0n) is 13.0. The van der Waals surface area contributed by atoms with Gasteiger partial charge in [-0.25, -0.2) is 0 Å². The Morgan fingerprint density at radius 3 is 2.82 bits per heavy atom. The van der Waals surface area contributed by atoms with Gasteiger partial charge in [0.1, 0.15) is 5.75 Å². The number of amides is 2. The molecule has 118 valence electrons. The van der Waals surface area contributed by atoms with Crippen molar-refractivity contribution >= 4 is 11.8 Å². The molecule has 2 aliphatic rings. The first-order valence-corrected chi connectivity index (χ1v) is 7.87. The fraction of sp³-hybridized carbons (Fsp3) is 0.529. The summed E-state index contributed by atoms with van der Waals surface area (Å²) in [5.74, 6) is 0.837. The van der Waals surface area contributed by atoms with Crippen LogP contribution in [0.1, 0.15) is 24.8 Å². The van der Waals surface area contributed by atoms with Crippen molar-refractivity contribution in [1.82, 2.24) is 9.80 Å². The van der Waals surface area contributed by atoms with Gasteiger partial charge in [-0.1, -0.05) is 12.1 Å². The lowest BCUT2D eigenvalue weighted by Gasteiger charge is -2.20. The van der Waals surface area contributed by atoms with Crippen LogP contribution in [0.4, 0.5) is 0 Å². The lowest BCUT2D eigenvalue weighted by atomic mass is 10.1. The Bertz CT molecular complexity index is 567. The number of hydrogen-bond donors (Lipinski definition) is 0. The third-order valence-electron chi connectivity index (χ3n) is 4.49. The van der Waals surface area contributed by atoms with Crippen LogP contribution in [0.5, 0.6) is 5.75 Å². The first-order chi connectivity index (χ1) is 10.7. The molecule has 1 atom stereocenters. The summed E-state index contributed by atoms with van der Waals surface area (Å²) in [6, 6.07) is 7.71. The summed E-state index contributed by atoms with van der Waals surface area (Å²) in [5.41, 5.74) is 1.03. The number of carbonyl (C=O) groups is 2. The normalized spacial score (nSPS) is 21.5. The molecule has 2 aliphatic heterocycles. The first-order valence-electron chi connectivity index (χ1n) is 7.87. The number of hydrogen-bond acceptors (Lipinski definition) is 3. The van der Waals surface area contributed by atoms with E-state index in [1.807, 2.05) is 29.2 Å². The zero-order chi connectivity index (χ0) is 15.5. The summed E-state index contributed by atoms with van der Waals surface area (Å²) in [4.78, 5) is 28.3. The molecular weight excluding hydrogens is 280 g/mol. The molecule has 5 nitrogen and oxygen atoms in total. The summed E-state index contributed by atoms with van der Waals surface area (Å²) in [6.07, 6.45) is 2.51. The van der Waals surface area contributed by atoms with Gasteiger partial charge in [-0.15, -0.1) is 0 Å². The lowest BCUT2D eigenvalue weighted by Crippen LogP contribution is -2.35. The van der Waals surface area contributed by atoms with Gasteiger partial charge >= 0.3 is 0 Å². The molecule has 0 bridgehead atoms. The highest BCUT2D eigenvalue weighted by molar-refractivity contribution is 5.89. The number of nitrogens with zero attached hydrogens (tertiary/aromatic N) is 2. The average molecular weight is 302 g/mol. The minimum absolute atomic E-state index is 0.0698. The van der Waals surface area contributed by atoms with Crippen LogP contribution in [0, 0.1) is 5.92 Å². The van der Waals surface area contributed by atoms with Crippen molar-refractivity contribution in [1.29, 1.82) is 0 Å². The maximum atomic E-state index is 12.4. The van der Waals surface area contributed by atoms with Crippen molar-refractivity contribution in [3.05, 3.63) is 29.8 Å². The summed E-state index contributed by atoms with van der Waals surface area (Å²) in [5, 5.41) is 0. The molecule has 2 saturated heterocycles. The van der Waals surface area contributed by atoms with Crippen molar-refractivity contribution in [2.45, 2.75) is 25.8 Å². The smallest absolute Gasteiger partial charge is 0.227 e. The van der Waals surface area contributed by atoms with Crippen LogP contribution < -0.4 is 4.74 Å². The van der Waals surface area contributed by atoms with Gasteiger partial charge in [0.2, 0.25) is 11.8 Å². The van der Waals surface area contributed by atoms with Gasteiger partial charge in [0.15, 0.2) is 0 Å². The molecule has 0 spiro atoms. The van der Waals surface area contributed by atoms with Crippen LogP contribution >= 0.6 is 0 Å². The molecule has 3 rings (SSSR count). The number of benzene rings is 1. The van der Waals surface area contributed by atoms with Gasteiger partial charge < -0.3 is 14.5 Å². The molecular formula is C17H22N2O3. The molecule has 1 aromatic rings. The first kappa shape index (κ1) is 14.9. The number of likely N-dealkylation sites (tertiary alicyclic amines) is 2. The minimum Gasteiger partial charge on any atom is -0.497 e. The third kappa shape index (κ3) is 3.08. The number of carbonyl (C=O) groups excluding carboxylic acids is 2.